The van der Waals surface area contributed by atoms with Crippen LogP contribution in [0, 0.1) is 5.82 Å². The Morgan fingerprint density at radius 1 is 1.18 bits per heavy atom. The molecule has 3 nitrogen and oxygen atoms in total. The molecule has 0 amide bonds. The summed E-state index contributed by atoms with van der Waals surface area (Å²) in [5.41, 5.74) is 2.10. The number of aldehydes is 1. The first kappa shape index (κ1) is 14.2. The third-order valence-corrected chi connectivity index (χ3v) is 3.36. The minimum Gasteiger partial charge on any atom is -0.492 e. The second-order valence-corrected chi connectivity index (χ2v) is 4.82. The van der Waals surface area contributed by atoms with Crippen LogP contribution in [-0.4, -0.2) is 17.9 Å². The molecule has 1 aromatic heterocycles. The Morgan fingerprint density at radius 3 is 2.73 bits per heavy atom. The number of rotatable bonds is 4. The van der Waals surface area contributed by atoms with Crippen LogP contribution in [0.25, 0.3) is 22.2 Å². The number of fused-ring (bicyclic) bond motifs is 1. The molecule has 0 radical (unpaired) electrons. The van der Waals surface area contributed by atoms with Crippen LogP contribution in [0.2, 0.25) is 0 Å². The summed E-state index contributed by atoms with van der Waals surface area (Å²) in [5, 5.41) is 0.813. The second kappa shape index (κ2) is 5.93. The SMILES string of the molecule is CCOc1cccc2cc(C=O)c(-c3cccc(F)c3)nc12. The number of halogens is 1. The molecule has 0 N–H and O–H groups in total. The van der Waals surface area contributed by atoms with Crippen LogP contribution in [0.1, 0.15) is 17.3 Å². The van der Waals surface area contributed by atoms with Crippen LogP contribution >= 0.6 is 0 Å². The standard InChI is InChI=1S/C18H14FNO2/c1-2-22-16-8-4-6-12-9-14(11-21)17(20-18(12)16)13-5-3-7-15(19)10-13/h3-11H,2H2,1H3. The van der Waals surface area contributed by atoms with Gasteiger partial charge in [0.2, 0.25) is 0 Å². The first-order valence-electron chi connectivity index (χ1n) is 7.00. The van der Waals surface area contributed by atoms with Crippen molar-refractivity contribution >= 4 is 17.2 Å². The first-order chi connectivity index (χ1) is 10.7. The average Bonchev–Trinajstić information content (AvgIpc) is 2.54. The van der Waals surface area contributed by atoms with Gasteiger partial charge in [0, 0.05) is 16.5 Å². The highest BCUT2D eigenvalue weighted by Crippen LogP contribution is 2.30. The fourth-order valence-corrected chi connectivity index (χ4v) is 2.42. The van der Waals surface area contributed by atoms with E-state index < -0.39 is 0 Å². The Kier molecular flexibility index (Phi) is 3.83. The van der Waals surface area contributed by atoms with Crippen molar-refractivity contribution in [1.82, 2.24) is 4.98 Å². The Bertz CT molecular complexity index is 846. The Labute approximate surface area is 127 Å². The second-order valence-electron chi connectivity index (χ2n) is 4.82. The molecule has 0 aliphatic carbocycles. The lowest BCUT2D eigenvalue weighted by molar-refractivity contribution is 0.112. The number of nitrogens with zero attached hydrogens (tertiary/aromatic N) is 1. The van der Waals surface area contributed by atoms with Crippen LogP contribution in [0.3, 0.4) is 0 Å². The van der Waals surface area contributed by atoms with Gasteiger partial charge in [-0.3, -0.25) is 4.79 Å². The smallest absolute Gasteiger partial charge is 0.152 e. The molecular formula is C18H14FNO2. The van der Waals surface area contributed by atoms with Crippen LogP contribution in [-0.2, 0) is 0 Å². The molecule has 110 valence electrons. The lowest BCUT2D eigenvalue weighted by atomic mass is 10.0. The summed E-state index contributed by atoms with van der Waals surface area (Å²) < 4.78 is 19.0. The average molecular weight is 295 g/mol. The van der Waals surface area contributed by atoms with Gasteiger partial charge in [-0.05, 0) is 31.2 Å². The highest BCUT2D eigenvalue weighted by molar-refractivity contribution is 5.95. The monoisotopic (exact) mass is 295 g/mol. The predicted molar refractivity (Wildman–Crippen MR) is 83.7 cm³/mol. The van der Waals surface area contributed by atoms with Gasteiger partial charge in [0.05, 0.1) is 12.3 Å². The van der Waals surface area contributed by atoms with Crippen molar-refractivity contribution in [3.8, 4) is 17.0 Å². The molecule has 0 saturated heterocycles. The highest BCUT2D eigenvalue weighted by Gasteiger charge is 2.12. The highest BCUT2D eigenvalue weighted by atomic mass is 19.1. The van der Waals surface area contributed by atoms with Gasteiger partial charge >= 0.3 is 0 Å². The van der Waals surface area contributed by atoms with Gasteiger partial charge < -0.3 is 4.74 Å². The van der Waals surface area contributed by atoms with E-state index in [1.807, 2.05) is 25.1 Å². The number of aromatic nitrogens is 1. The van der Waals surface area contributed by atoms with E-state index in [-0.39, 0.29) is 5.82 Å². The van der Waals surface area contributed by atoms with Gasteiger partial charge in [-0.1, -0.05) is 24.3 Å². The van der Waals surface area contributed by atoms with E-state index in [2.05, 4.69) is 4.98 Å². The quantitative estimate of drug-likeness (QED) is 0.675. The number of para-hydroxylation sites is 1. The van der Waals surface area contributed by atoms with Gasteiger partial charge in [0.15, 0.2) is 6.29 Å². The molecule has 2 aromatic carbocycles. The molecular weight excluding hydrogens is 281 g/mol. The summed E-state index contributed by atoms with van der Waals surface area (Å²) in [6, 6.07) is 13.3. The van der Waals surface area contributed by atoms with Gasteiger partial charge in [-0.25, -0.2) is 9.37 Å². The number of ether oxygens (including phenoxy) is 1. The molecule has 0 aliphatic heterocycles. The van der Waals surface area contributed by atoms with Gasteiger partial charge in [0.1, 0.15) is 17.1 Å². The van der Waals surface area contributed by atoms with Crippen LogP contribution in [0.15, 0.2) is 48.5 Å². The molecule has 3 aromatic rings. The van der Waals surface area contributed by atoms with E-state index in [1.54, 1.807) is 18.2 Å². The van der Waals surface area contributed by atoms with Gasteiger partial charge in [-0.2, -0.15) is 0 Å². The van der Waals surface area contributed by atoms with E-state index in [9.17, 15) is 9.18 Å². The molecule has 0 spiro atoms. The van der Waals surface area contributed by atoms with Crippen LogP contribution in [0.5, 0.6) is 5.75 Å². The summed E-state index contributed by atoms with van der Waals surface area (Å²) in [4.78, 5) is 15.9. The van der Waals surface area contributed by atoms with E-state index >= 15 is 0 Å². The van der Waals surface area contributed by atoms with Crippen molar-refractivity contribution in [2.45, 2.75) is 6.92 Å². The van der Waals surface area contributed by atoms with Gasteiger partial charge in [0.25, 0.3) is 0 Å². The molecule has 0 unspecified atom stereocenters. The third kappa shape index (κ3) is 2.55. The van der Waals surface area contributed by atoms with Crippen LogP contribution < -0.4 is 4.74 Å². The number of benzene rings is 2. The molecule has 0 bridgehead atoms. The topological polar surface area (TPSA) is 39.2 Å². The maximum Gasteiger partial charge on any atom is 0.152 e. The van der Waals surface area contributed by atoms with Crippen molar-refractivity contribution < 1.29 is 13.9 Å². The van der Waals surface area contributed by atoms with Crippen LogP contribution in [0.4, 0.5) is 4.39 Å². The fraction of sp³-hybridized carbons (Fsp3) is 0.111. The van der Waals surface area contributed by atoms with E-state index in [4.69, 9.17) is 4.74 Å². The van der Waals surface area contributed by atoms with Gasteiger partial charge in [-0.15, -0.1) is 0 Å². The number of carbonyl (C=O) groups excluding carboxylic acids is 1. The normalized spacial score (nSPS) is 10.6. The molecule has 0 atom stereocenters. The fourth-order valence-electron chi connectivity index (χ4n) is 2.42. The van der Waals surface area contributed by atoms with Crippen molar-refractivity contribution in [1.29, 1.82) is 0 Å². The Balaban J connectivity index is 2.28. The van der Waals surface area contributed by atoms with E-state index in [0.29, 0.717) is 34.7 Å². The summed E-state index contributed by atoms with van der Waals surface area (Å²) in [6.45, 7) is 2.41. The molecule has 3 rings (SSSR count). The zero-order valence-electron chi connectivity index (χ0n) is 12.0. The summed E-state index contributed by atoms with van der Waals surface area (Å²) >= 11 is 0. The molecule has 22 heavy (non-hydrogen) atoms. The summed E-state index contributed by atoms with van der Waals surface area (Å²) in [7, 11) is 0. The van der Waals surface area contributed by atoms with Crippen molar-refractivity contribution in [3.05, 3.63) is 59.9 Å². The minimum atomic E-state index is -0.366. The number of hydrogen-bond donors (Lipinski definition) is 0. The largest absolute Gasteiger partial charge is 0.492 e. The third-order valence-electron chi connectivity index (χ3n) is 3.36. The Hall–Kier alpha value is -2.75. The molecule has 0 aliphatic rings. The van der Waals surface area contributed by atoms with E-state index in [0.717, 1.165) is 11.7 Å². The molecule has 1 heterocycles. The number of pyridine rings is 1. The lowest BCUT2D eigenvalue weighted by Crippen LogP contribution is -1.97. The Morgan fingerprint density at radius 2 is 2.00 bits per heavy atom. The maximum absolute atomic E-state index is 13.5. The van der Waals surface area contributed by atoms with Crippen molar-refractivity contribution in [2.24, 2.45) is 0 Å². The minimum absolute atomic E-state index is 0.366. The van der Waals surface area contributed by atoms with Crippen molar-refractivity contribution in [2.75, 3.05) is 6.61 Å². The number of hydrogen-bond acceptors (Lipinski definition) is 3. The predicted octanol–water partition coefficient (Wildman–Crippen LogP) is 4.25. The van der Waals surface area contributed by atoms with E-state index in [1.165, 1.54) is 12.1 Å². The lowest BCUT2D eigenvalue weighted by Gasteiger charge is -2.10. The molecule has 4 heteroatoms. The molecule has 0 saturated carbocycles. The number of carbonyl (C=O) groups is 1. The zero-order chi connectivity index (χ0) is 15.5. The summed E-state index contributed by atoms with van der Waals surface area (Å²) in [5.74, 6) is 0.282. The maximum atomic E-state index is 13.5. The first-order valence-corrected chi connectivity index (χ1v) is 7.00. The zero-order valence-corrected chi connectivity index (χ0v) is 12.0. The van der Waals surface area contributed by atoms with Crippen molar-refractivity contribution in [3.63, 3.8) is 0 Å². The summed E-state index contributed by atoms with van der Waals surface area (Å²) in [6.07, 6.45) is 0.736. The molecule has 0 fully saturated rings.